The number of hydrogen-bond acceptors (Lipinski definition) is 4. The predicted molar refractivity (Wildman–Crippen MR) is 77.0 cm³/mol. The van der Waals surface area contributed by atoms with Crippen LogP contribution in [0.5, 0.6) is 0 Å². The van der Waals surface area contributed by atoms with Crippen LogP contribution in [-0.2, 0) is 4.52 Å². The van der Waals surface area contributed by atoms with Gasteiger partial charge in [0.15, 0.2) is 13.6 Å². The summed E-state index contributed by atoms with van der Waals surface area (Å²) < 4.78 is 10.7. The quantitative estimate of drug-likeness (QED) is 0.590. The average molecular weight is 278 g/mol. The topological polar surface area (TPSA) is 39.8 Å². The van der Waals surface area contributed by atoms with Crippen molar-refractivity contribution in [3.8, 4) is 0 Å². The molecule has 0 amide bonds. The van der Waals surface area contributed by atoms with E-state index in [2.05, 4.69) is 47.9 Å². The van der Waals surface area contributed by atoms with Crippen molar-refractivity contribution in [2.45, 2.75) is 19.4 Å². The van der Waals surface area contributed by atoms with Crippen LogP contribution in [0, 0.1) is 0 Å². The van der Waals surface area contributed by atoms with Crippen molar-refractivity contribution in [1.29, 1.82) is 0 Å². The molecule has 2 N–H and O–H groups in total. The molecule has 7 heteroatoms. The summed E-state index contributed by atoms with van der Waals surface area (Å²) in [5, 5.41) is 6.70. The number of nitrogens with zero attached hydrogens (tertiary/aromatic N) is 2. The van der Waals surface area contributed by atoms with E-state index in [1.165, 1.54) is 0 Å². The van der Waals surface area contributed by atoms with Gasteiger partial charge >= 0.3 is 0 Å². The van der Waals surface area contributed by atoms with E-state index < -0.39 is 8.45 Å². The molecular formula is C10H23N4OPS. The summed E-state index contributed by atoms with van der Waals surface area (Å²) >= 11 is 5.06. The zero-order valence-electron chi connectivity index (χ0n) is 11.3. The number of likely N-dealkylation sites (N-methyl/N-ethyl adjacent to an activating group) is 2. The monoisotopic (exact) mass is 278 g/mol. The maximum absolute atomic E-state index is 6.18. The molecule has 0 unspecified atom stereocenters. The van der Waals surface area contributed by atoms with E-state index >= 15 is 0 Å². The predicted octanol–water partition coefficient (Wildman–Crippen LogP) is 0.980. The van der Waals surface area contributed by atoms with Gasteiger partial charge in [0.1, 0.15) is 0 Å². The lowest BCUT2D eigenvalue weighted by molar-refractivity contribution is 0.115. The van der Waals surface area contributed by atoms with Crippen LogP contribution in [0.4, 0.5) is 0 Å². The van der Waals surface area contributed by atoms with Crippen molar-refractivity contribution >= 4 is 25.8 Å². The Hall–Kier alpha value is -0.0000000000000000416. The highest BCUT2D eigenvalue weighted by atomic mass is 32.1. The van der Waals surface area contributed by atoms with Crippen LogP contribution in [0.2, 0.25) is 0 Å². The molecule has 1 rings (SSSR count). The molecule has 1 fully saturated rings. The van der Waals surface area contributed by atoms with Gasteiger partial charge in [0.2, 0.25) is 0 Å². The van der Waals surface area contributed by atoms with Crippen molar-refractivity contribution < 1.29 is 4.52 Å². The van der Waals surface area contributed by atoms with Gasteiger partial charge in [-0.25, -0.2) is 9.34 Å². The number of hydrogen-bond donors (Lipinski definition) is 2. The van der Waals surface area contributed by atoms with E-state index in [1.54, 1.807) is 0 Å². The average Bonchev–Trinajstić information content (AvgIpc) is 2.57. The van der Waals surface area contributed by atoms with Crippen LogP contribution in [0.1, 0.15) is 13.8 Å². The Morgan fingerprint density at radius 3 is 2.35 bits per heavy atom. The molecule has 0 aromatic rings. The zero-order valence-corrected chi connectivity index (χ0v) is 13.0. The van der Waals surface area contributed by atoms with Crippen LogP contribution in [-0.4, -0.2) is 60.8 Å². The smallest absolute Gasteiger partial charge is 0.188 e. The maximum Gasteiger partial charge on any atom is 0.188 e. The molecule has 1 heterocycles. The van der Waals surface area contributed by atoms with E-state index in [0.717, 1.165) is 13.1 Å². The highest BCUT2D eigenvalue weighted by Crippen LogP contribution is 2.49. The van der Waals surface area contributed by atoms with Gasteiger partial charge in [-0.05, 0) is 40.2 Å². The largest absolute Gasteiger partial charge is 0.366 e. The molecule has 0 bridgehead atoms. The van der Waals surface area contributed by atoms with Gasteiger partial charge in [-0.1, -0.05) is 0 Å². The van der Waals surface area contributed by atoms with E-state index in [0.29, 0.717) is 11.7 Å². The summed E-state index contributed by atoms with van der Waals surface area (Å²) in [5.41, 5.74) is -0.237. The van der Waals surface area contributed by atoms with E-state index in [9.17, 15) is 0 Å². The van der Waals surface area contributed by atoms with Crippen molar-refractivity contribution in [3.05, 3.63) is 0 Å². The van der Waals surface area contributed by atoms with Crippen LogP contribution >= 0.6 is 20.7 Å². The fraction of sp³-hybridized carbons (Fsp3) is 0.900. The molecule has 5 nitrogen and oxygen atoms in total. The Kier molecular flexibility index (Phi) is 5.54. The third kappa shape index (κ3) is 4.64. The second-order valence-corrected chi connectivity index (χ2v) is 7.26. The number of thiocarbonyl (C=S) groups is 1. The molecule has 0 aromatic carbocycles. The summed E-state index contributed by atoms with van der Waals surface area (Å²) in [6, 6.07) is 0. The van der Waals surface area contributed by atoms with E-state index in [1.807, 2.05) is 7.05 Å². The van der Waals surface area contributed by atoms with Crippen molar-refractivity contribution in [3.63, 3.8) is 0 Å². The first-order valence-electron chi connectivity index (χ1n) is 5.72. The molecule has 0 aliphatic carbocycles. The summed E-state index contributed by atoms with van der Waals surface area (Å²) in [6.07, 6.45) is 0. The summed E-state index contributed by atoms with van der Waals surface area (Å²) in [5.74, 6) is 0. The van der Waals surface area contributed by atoms with Gasteiger partial charge < -0.3 is 15.2 Å². The van der Waals surface area contributed by atoms with Crippen LogP contribution in [0.15, 0.2) is 0 Å². The van der Waals surface area contributed by atoms with Crippen LogP contribution in [0.25, 0.3) is 0 Å². The molecule has 1 saturated heterocycles. The lowest BCUT2D eigenvalue weighted by Gasteiger charge is -2.33. The minimum Gasteiger partial charge on any atom is -0.366 e. The third-order valence-corrected chi connectivity index (χ3v) is 5.14. The molecule has 17 heavy (non-hydrogen) atoms. The number of rotatable bonds is 4. The van der Waals surface area contributed by atoms with Crippen LogP contribution in [0.3, 0.4) is 0 Å². The molecule has 1 aliphatic rings. The Balaban J connectivity index is 2.45. The van der Waals surface area contributed by atoms with Gasteiger partial charge in [-0.15, -0.1) is 0 Å². The van der Waals surface area contributed by atoms with Crippen molar-refractivity contribution in [2.24, 2.45) is 0 Å². The minimum absolute atomic E-state index is 0.237. The van der Waals surface area contributed by atoms with Gasteiger partial charge in [-0.2, -0.15) is 0 Å². The maximum atomic E-state index is 6.18. The summed E-state index contributed by atoms with van der Waals surface area (Å²) in [4.78, 5) is 0. The summed E-state index contributed by atoms with van der Waals surface area (Å²) in [6.45, 7) is 7.01. The van der Waals surface area contributed by atoms with Crippen molar-refractivity contribution in [2.75, 3.05) is 40.8 Å². The highest BCUT2D eigenvalue weighted by Gasteiger charge is 2.33. The molecule has 0 radical (unpaired) electrons. The number of nitrogens with one attached hydrogen (secondary N) is 2. The zero-order chi connectivity index (χ0) is 13.1. The third-order valence-electron chi connectivity index (χ3n) is 2.56. The van der Waals surface area contributed by atoms with E-state index in [-0.39, 0.29) is 5.60 Å². The SMILES string of the molecule is CNC(=S)NCC(C)(C)OP1N(C)CCN1C. The summed E-state index contributed by atoms with van der Waals surface area (Å²) in [7, 11) is 5.40. The standard InChI is InChI=1S/C10H23N4OPS/c1-10(2,8-12-9(17)11-3)15-16-13(4)6-7-14(16)5/h6-8H2,1-5H3,(H2,11,12,17). The molecule has 100 valence electrons. The van der Waals surface area contributed by atoms with Gasteiger partial charge in [0, 0.05) is 26.7 Å². The van der Waals surface area contributed by atoms with Gasteiger partial charge in [-0.3, -0.25) is 0 Å². The first kappa shape index (κ1) is 15.1. The second-order valence-electron chi connectivity index (χ2n) is 4.80. The Morgan fingerprint density at radius 1 is 1.35 bits per heavy atom. The fourth-order valence-electron chi connectivity index (χ4n) is 1.50. The normalized spacial score (nSPS) is 19.6. The Morgan fingerprint density at radius 2 is 1.88 bits per heavy atom. The molecule has 0 aromatic heterocycles. The molecular weight excluding hydrogens is 255 g/mol. The fourth-order valence-corrected chi connectivity index (χ4v) is 3.40. The van der Waals surface area contributed by atoms with Gasteiger partial charge in [0.05, 0.1) is 5.60 Å². The first-order valence-corrected chi connectivity index (χ1v) is 7.30. The minimum atomic E-state index is -0.628. The lowest BCUT2D eigenvalue weighted by atomic mass is 10.1. The lowest BCUT2D eigenvalue weighted by Crippen LogP contribution is -2.43. The molecule has 0 saturated carbocycles. The molecule has 1 aliphatic heterocycles. The Labute approximate surface area is 111 Å². The van der Waals surface area contributed by atoms with Crippen molar-refractivity contribution in [1.82, 2.24) is 20.0 Å². The Bertz CT molecular complexity index is 267. The molecule has 0 spiro atoms. The van der Waals surface area contributed by atoms with E-state index in [4.69, 9.17) is 16.7 Å². The molecule has 0 atom stereocenters. The second kappa shape index (κ2) is 6.25. The highest BCUT2D eigenvalue weighted by molar-refractivity contribution is 7.80. The van der Waals surface area contributed by atoms with Crippen LogP contribution < -0.4 is 10.6 Å². The first-order chi connectivity index (χ1) is 7.85. The van der Waals surface area contributed by atoms with Gasteiger partial charge in [0.25, 0.3) is 0 Å².